The van der Waals surface area contributed by atoms with Crippen molar-refractivity contribution in [3.63, 3.8) is 0 Å². The Morgan fingerprint density at radius 2 is 2.05 bits per heavy atom. The third kappa shape index (κ3) is 3.53. The van der Waals surface area contributed by atoms with E-state index in [1.54, 1.807) is 19.4 Å². The van der Waals surface area contributed by atoms with Crippen LogP contribution >= 0.6 is 0 Å². The Morgan fingerprint density at radius 3 is 2.65 bits per heavy atom. The van der Waals surface area contributed by atoms with E-state index in [1.807, 2.05) is 24.3 Å². The highest BCUT2D eigenvalue weighted by atomic mass is 19.1. The van der Waals surface area contributed by atoms with E-state index in [1.165, 1.54) is 6.20 Å². The normalized spacial score (nSPS) is 12.2. The summed E-state index contributed by atoms with van der Waals surface area (Å²) in [5, 5.41) is 0. The van der Waals surface area contributed by atoms with Gasteiger partial charge in [0, 0.05) is 17.8 Å². The van der Waals surface area contributed by atoms with Gasteiger partial charge in [-0.3, -0.25) is 16.3 Å². The first-order valence-corrected chi connectivity index (χ1v) is 6.43. The van der Waals surface area contributed by atoms with E-state index < -0.39 is 0 Å². The first kappa shape index (κ1) is 14.4. The van der Waals surface area contributed by atoms with Crippen LogP contribution in [-0.2, 0) is 6.42 Å². The number of halogens is 1. The number of nitrogens with one attached hydrogen (secondary N) is 1. The van der Waals surface area contributed by atoms with Crippen LogP contribution in [0.1, 0.15) is 23.6 Å². The van der Waals surface area contributed by atoms with Gasteiger partial charge < -0.3 is 4.74 Å². The maximum atomic E-state index is 13.7. The number of ether oxygens (including phenoxy) is 1. The Balaban J connectivity index is 2.02. The van der Waals surface area contributed by atoms with Crippen molar-refractivity contribution in [1.29, 1.82) is 0 Å². The molecule has 2 aromatic rings. The van der Waals surface area contributed by atoms with Crippen molar-refractivity contribution in [2.45, 2.75) is 18.9 Å². The van der Waals surface area contributed by atoms with Gasteiger partial charge in [-0.15, -0.1) is 0 Å². The Bertz CT molecular complexity index is 545. The van der Waals surface area contributed by atoms with Crippen LogP contribution in [0, 0.1) is 5.82 Å². The molecular formula is C15H18FN3O. The summed E-state index contributed by atoms with van der Waals surface area (Å²) in [5.41, 5.74) is 4.35. The van der Waals surface area contributed by atoms with Gasteiger partial charge in [-0.2, -0.15) is 0 Å². The van der Waals surface area contributed by atoms with Crippen LogP contribution in [0.5, 0.6) is 5.75 Å². The van der Waals surface area contributed by atoms with E-state index in [2.05, 4.69) is 10.4 Å². The van der Waals surface area contributed by atoms with Crippen LogP contribution in [0.15, 0.2) is 42.7 Å². The molecule has 1 atom stereocenters. The number of methoxy groups -OCH3 is 1. The molecule has 0 saturated carbocycles. The molecule has 1 unspecified atom stereocenters. The van der Waals surface area contributed by atoms with Crippen LogP contribution in [0.3, 0.4) is 0 Å². The standard InChI is InChI=1S/C15H18FN3O/c1-20-12-5-2-11(3-6-12)4-7-15(19-17)13-8-9-18-10-14(13)16/h2-3,5-6,8-10,15,19H,4,7,17H2,1H3. The molecule has 20 heavy (non-hydrogen) atoms. The lowest BCUT2D eigenvalue weighted by atomic mass is 10.00. The second kappa shape index (κ2) is 6.98. The van der Waals surface area contributed by atoms with Gasteiger partial charge in [0.05, 0.1) is 13.3 Å². The number of benzene rings is 1. The predicted molar refractivity (Wildman–Crippen MR) is 75.6 cm³/mol. The number of nitrogens with two attached hydrogens (primary N) is 1. The molecule has 106 valence electrons. The van der Waals surface area contributed by atoms with Gasteiger partial charge in [0.15, 0.2) is 0 Å². The first-order valence-electron chi connectivity index (χ1n) is 6.43. The molecule has 1 aromatic heterocycles. The number of rotatable bonds is 6. The molecule has 1 heterocycles. The maximum Gasteiger partial charge on any atom is 0.146 e. The van der Waals surface area contributed by atoms with Crippen LogP contribution < -0.4 is 16.0 Å². The minimum atomic E-state index is -0.342. The molecule has 0 aliphatic heterocycles. The summed E-state index contributed by atoms with van der Waals surface area (Å²) in [6, 6.07) is 9.22. The van der Waals surface area contributed by atoms with Gasteiger partial charge in [0.1, 0.15) is 11.6 Å². The van der Waals surface area contributed by atoms with Gasteiger partial charge in [-0.05, 0) is 36.6 Å². The molecule has 2 rings (SSSR count). The molecule has 0 saturated heterocycles. The lowest BCUT2D eigenvalue weighted by Crippen LogP contribution is -2.29. The molecular weight excluding hydrogens is 257 g/mol. The van der Waals surface area contributed by atoms with Crippen molar-refractivity contribution in [2.75, 3.05) is 7.11 Å². The molecule has 3 N–H and O–H groups in total. The average Bonchev–Trinajstić information content (AvgIpc) is 2.50. The summed E-state index contributed by atoms with van der Waals surface area (Å²) in [5.74, 6) is 6.01. The lowest BCUT2D eigenvalue weighted by Gasteiger charge is -2.16. The second-order valence-corrected chi connectivity index (χ2v) is 4.50. The minimum Gasteiger partial charge on any atom is -0.497 e. The number of hydrogen-bond donors (Lipinski definition) is 2. The van der Waals surface area contributed by atoms with Crippen LogP contribution in [0.25, 0.3) is 0 Å². The fraction of sp³-hybridized carbons (Fsp3) is 0.267. The maximum absolute atomic E-state index is 13.7. The molecule has 5 heteroatoms. The van der Waals surface area contributed by atoms with Crippen LogP contribution in [-0.4, -0.2) is 12.1 Å². The molecule has 0 aliphatic rings. The fourth-order valence-corrected chi connectivity index (χ4v) is 2.10. The quantitative estimate of drug-likeness (QED) is 0.627. The molecule has 0 spiro atoms. The minimum absolute atomic E-state index is 0.236. The van der Waals surface area contributed by atoms with E-state index >= 15 is 0 Å². The van der Waals surface area contributed by atoms with Gasteiger partial charge >= 0.3 is 0 Å². The highest BCUT2D eigenvalue weighted by Gasteiger charge is 2.14. The number of pyridine rings is 1. The van der Waals surface area contributed by atoms with Crippen molar-refractivity contribution >= 4 is 0 Å². The van der Waals surface area contributed by atoms with Crippen LogP contribution in [0.4, 0.5) is 4.39 Å². The number of aryl methyl sites for hydroxylation is 1. The molecule has 0 bridgehead atoms. The zero-order valence-corrected chi connectivity index (χ0v) is 11.3. The summed E-state index contributed by atoms with van der Waals surface area (Å²) in [4.78, 5) is 3.74. The monoisotopic (exact) mass is 275 g/mol. The van der Waals surface area contributed by atoms with E-state index in [0.29, 0.717) is 12.0 Å². The first-order chi connectivity index (χ1) is 9.74. The number of hydrazine groups is 1. The molecule has 0 fully saturated rings. The van der Waals surface area contributed by atoms with E-state index in [-0.39, 0.29) is 11.9 Å². The fourth-order valence-electron chi connectivity index (χ4n) is 2.10. The van der Waals surface area contributed by atoms with Gasteiger partial charge in [-0.1, -0.05) is 12.1 Å². The highest BCUT2D eigenvalue weighted by molar-refractivity contribution is 5.27. The highest BCUT2D eigenvalue weighted by Crippen LogP contribution is 2.21. The molecule has 4 nitrogen and oxygen atoms in total. The van der Waals surface area contributed by atoms with Gasteiger partial charge in [-0.25, -0.2) is 4.39 Å². The second-order valence-electron chi connectivity index (χ2n) is 4.50. The topological polar surface area (TPSA) is 60.2 Å². The molecule has 0 aliphatic carbocycles. The van der Waals surface area contributed by atoms with Gasteiger partial charge in [0.25, 0.3) is 0 Å². The van der Waals surface area contributed by atoms with Gasteiger partial charge in [0.2, 0.25) is 0 Å². The Morgan fingerprint density at radius 1 is 1.30 bits per heavy atom. The van der Waals surface area contributed by atoms with Crippen molar-refractivity contribution in [1.82, 2.24) is 10.4 Å². The summed E-state index contributed by atoms with van der Waals surface area (Å²) in [7, 11) is 1.63. The van der Waals surface area contributed by atoms with Crippen molar-refractivity contribution < 1.29 is 9.13 Å². The zero-order chi connectivity index (χ0) is 14.4. The third-order valence-electron chi connectivity index (χ3n) is 3.26. The van der Waals surface area contributed by atoms with E-state index in [9.17, 15) is 4.39 Å². The largest absolute Gasteiger partial charge is 0.497 e. The number of aromatic nitrogens is 1. The summed E-state index contributed by atoms with van der Waals surface area (Å²) in [6.07, 6.45) is 4.26. The Kier molecular flexibility index (Phi) is 5.03. The average molecular weight is 275 g/mol. The lowest BCUT2D eigenvalue weighted by molar-refractivity contribution is 0.414. The third-order valence-corrected chi connectivity index (χ3v) is 3.26. The van der Waals surface area contributed by atoms with E-state index in [4.69, 9.17) is 10.6 Å². The van der Waals surface area contributed by atoms with Crippen molar-refractivity contribution in [3.8, 4) is 5.75 Å². The summed E-state index contributed by atoms with van der Waals surface area (Å²) < 4.78 is 18.8. The SMILES string of the molecule is COc1ccc(CCC(NN)c2ccncc2F)cc1. The summed E-state index contributed by atoms with van der Waals surface area (Å²) in [6.45, 7) is 0. The zero-order valence-electron chi connectivity index (χ0n) is 11.3. The molecule has 0 amide bonds. The number of nitrogens with zero attached hydrogens (tertiary/aromatic N) is 1. The number of hydrogen-bond acceptors (Lipinski definition) is 4. The van der Waals surface area contributed by atoms with Crippen LogP contribution in [0.2, 0.25) is 0 Å². The predicted octanol–water partition coefficient (Wildman–Crippen LogP) is 2.37. The summed E-state index contributed by atoms with van der Waals surface area (Å²) >= 11 is 0. The Labute approximate surface area is 117 Å². The molecule has 1 aromatic carbocycles. The van der Waals surface area contributed by atoms with E-state index in [0.717, 1.165) is 17.7 Å². The Hall–Kier alpha value is -1.98. The smallest absolute Gasteiger partial charge is 0.146 e. The molecule has 0 radical (unpaired) electrons. The van der Waals surface area contributed by atoms with Crippen molar-refractivity contribution in [3.05, 3.63) is 59.7 Å². The van der Waals surface area contributed by atoms with Crippen molar-refractivity contribution in [2.24, 2.45) is 5.84 Å².